The maximum Gasteiger partial charge on any atom is 0.408 e. The molecule has 42 heavy (non-hydrogen) atoms. The van der Waals surface area contributed by atoms with Gasteiger partial charge < -0.3 is 20.3 Å². The number of nitrogens with one attached hydrogen (secondary N) is 2. The maximum absolute atomic E-state index is 14.7. The van der Waals surface area contributed by atoms with E-state index in [1.165, 1.54) is 0 Å². The van der Waals surface area contributed by atoms with Crippen LogP contribution in [0, 0.1) is 20.8 Å². The summed E-state index contributed by atoms with van der Waals surface area (Å²) in [6.45, 7) is 16.8. The summed E-state index contributed by atoms with van der Waals surface area (Å²) in [5.74, 6) is -0.717. The number of carbonyl (C=O) groups is 3. The predicted octanol–water partition coefficient (Wildman–Crippen LogP) is 7.05. The molecule has 0 saturated carbocycles. The van der Waals surface area contributed by atoms with Crippen LogP contribution in [-0.2, 0) is 20.7 Å². The van der Waals surface area contributed by atoms with Crippen molar-refractivity contribution in [3.05, 3.63) is 101 Å². The van der Waals surface area contributed by atoms with Crippen LogP contribution in [0.5, 0.6) is 0 Å². The molecule has 0 spiro atoms. The quantitative estimate of drug-likeness (QED) is 0.303. The zero-order chi connectivity index (χ0) is 31.2. The number of nitrogens with zero attached hydrogens (tertiary/aromatic N) is 1. The van der Waals surface area contributed by atoms with Crippen LogP contribution in [0.15, 0.2) is 72.8 Å². The SMILES string of the molecule is Cc1ccccc1NC(=O)C(c1c(C)cccc1C)N(C(=O)C(Cc1ccccc1)NC(=O)OC(C)(C)C)C(C)(C)C. The first kappa shape index (κ1) is 32.4. The number of amides is 3. The van der Waals surface area contributed by atoms with Crippen molar-refractivity contribution >= 4 is 23.6 Å². The Labute approximate surface area is 250 Å². The van der Waals surface area contributed by atoms with E-state index in [0.29, 0.717) is 5.69 Å². The summed E-state index contributed by atoms with van der Waals surface area (Å²) in [7, 11) is 0. The lowest BCUT2D eigenvalue weighted by Gasteiger charge is -2.44. The predicted molar refractivity (Wildman–Crippen MR) is 168 cm³/mol. The van der Waals surface area contributed by atoms with E-state index >= 15 is 0 Å². The van der Waals surface area contributed by atoms with Crippen molar-refractivity contribution in [2.75, 3.05) is 5.32 Å². The molecule has 0 aliphatic rings. The fourth-order valence-electron chi connectivity index (χ4n) is 5.06. The van der Waals surface area contributed by atoms with Crippen LogP contribution >= 0.6 is 0 Å². The number of rotatable bonds is 8. The van der Waals surface area contributed by atoms with Crippen molar-refractivity contribution in [2.45, 2.75) is 92.0 Å². The molecule has 3 aromatic rings. The van der Waals surface area contributed by atoms with Crippen LogP contribution in [0.2, 0.25) is 0 Å². The molecule has 224 valence electrons. The summed E-state index contributed by atoms with van der Waals surface area (Å²) in [6, 6.07) is 20.9. The Morgan fingerprint density at radius 2 is 1.31 bits per heavy atom. The second-order valence-corrected chi connectivity index (χ2v) is 12.8. The lowest BCUT2D eigenvalue weighted by atomic mass is 9.89. The van der Waals surface area contributed by atoms with Crippen molar-refractivity contribution in [1.82, 2.24) is 10.2 Å². The molecule has 3 rings (SSSR count). The van der Waals surface area contributed by atoms with Gasteiger partial charge in [0, 0.05) is 17.6 Å². The van der Waals surface area contributed by atoms with Crippen molar-refractivity contribution in [2.24, 2.45) is 0 Å². The molecule has 0 heterocycles. The van der Waals surface area contributed by atoms with Crippen LogP contribution in [0.3, 0.4) is 0 Å². The van der Waals surface area contributed by atoms with Crippen molar-refractivity contribution in [3.63, 3.8) is 0 Å². The third-order valence-electron chi connectivity index (χ3n) is 6.96. The summed E-state index contributed by atoms with van der Waals surface area (Å²) in [6.07, 6.45) is -0.469. The molecular weight excluding hydrogens is 526 g/mol. The topological polar surface area (TPSA) is 87.7 Å². The van der Waals surface area contributed by atoms with E-state index in [4.69, 9.17) is 4.74 Å². The average Bonchev–Trinajstić information content (AvgIpc) is 2.87. The van der Waals surface area contributed by atoms with Gasteiger partial charge in [-0.3, -0.25) is 9.59 Å². The number of alkyl carbamates (subject to hydrolysis) is 1. The minimum absolute atomic E-state index is 0.227. The Bertz CT molecular complexity index is 1380. The van der Waals surface area contributed by atoms with Gasteiger partial charge in [0.2, 0.25) is 5.91 Å². The molecule has 0 aromatic heterocycles. The Morgan fingerprint density at radius 1 is 0.762 bits per heavy atom. The molecule has 2 atom stereocenters. The molecule has 7 heteroatoms. The first-order valence-corrected chi connectivity index (χ1v) is 14.4. The second kappa shape index (κ2) is 13.2. The van der Waals surface area contributed by atoms with Gasteiger partial charge in [-0.05, 0) is 96.2 Å². The Hall–Kier alpha value is -4.13. The van der Waals surface area contributed by atoms with Gasteiger partial charge in [0.25, 0.3) is 5.91 Å². The molecule has 7 nitrogen and oxygen atoms in total. The highest BCUT2D eigenvalue weighted by molar-refractivity contribution is 6.00. The number of benzene rings is 3. The highest BCUT2D eigenvalue weighted by atomic mass is 16.6. The van der Waals surface area contributed by atoms with E-state index in [1.807, 2.05) is 114 Å². The van der Waals surface area contributed by atoms with Crippen molar-refractivity contribution in [1.29, 1.82) is 0 Å². The third-order valence-corrected chi connectivity index (χ3v) is 6.96. The number of para-hydroxylation sites is 1. The number of anilines is 1. The smallest absolute Gasteiger partial charge is 0.408 e. The number of aryl methyl sites for hydroxylation is 3. The van der Waals surface area contributed by atoms with Gasteiger partial charge in [0.1, 0.15) is 17.7 Å². The second-order valence-electron chi connectivity index (χ2n) is 12.8. The summed E-state index contributed by atoms with van der Waals surface area (Å²) in [5.41, 5.74) is 3.44. The molecule has 3 amide bonds. The van der Waals surface area contributed by atoms with Gasteiger partial charge in [0.15, 0.2) is 0 Å². The molecule has 0 aliphatic heterocycles. The molecule has 0 fully saturated rings. The minimum atomic E-state index is -0.987. The van der Waals surface area contributed by atoms with Gasteiger partial charge in [-0.2, -0.15) is 0 Å². The minimum Gasteiger partial charge on any atom is -0.444 e. The molecule has 0 bridgehead atoms. The van der Waals surface area contributed by atoms with Crippen LogP contribution in [0.1, 0.15) is 75.4 Å². The highest BCUT2D eigenvalue weighted by Gasteiger charge is 2.43. The molecular formula is C35H45N3O4. The van der Waals surface area contributed by atoms with E-state index in [-0.39, 0.29) is 18.2 Å². The lowest BCUT2D eigenvalue weighted by molar-refractivity contribution is -0.146. The number of ether oxygens (including phenoxy) is 1. The standard InChI is InChI=1S/C35H45N3O4/c1-23-16-13-14-21-27(23)36-31(39)30(29-24(2)17-15-18-25(29)3)38(34(4,5)6)32(40)28(22-26-19-11-10-12-20-26)37-33(41)42-35(7,8)9/h10-21,28,30H,22H2,1-9H3,(H,36,39)(H,37,41). The van der Waals surface area contributed by atoms with Crippen molar-refractivity contribution < 1.29 is 19.1 Å². The fourth-order valence-corrected chi connectivity index (χ4v) is 5.06. The monoisotopic (exact) mass is 571 g/mol. The van der Waals surface area contributed by atoms with Crippen LogP contribution in [0.25, 0.3) is 0 Å². The molecule has 2 N–H and O–H groups in total. The largest absolute Gasteiger partial charge is 0.444 e. The van der Waals surface area contributed by atoms with E-state index < -0.39 is 29.3 Å². The summed E-state index contributed by atoms with van der Waals surface area (Å²) in [5, 5.41) is 5.91. The summed E-state index contributed by atoms with van der Waals surface area (Å²) >= 11 is 0. The van der Waals surface area contributed by atoms with E-state index in [2.05, 4.69) is 10.6 Å². The van der Waals surface area contributed by atoms with Gasteiger partial charge in [-0.1, -0.05) is 66.7 Å². The Kier molecular flexibility index (Phi) is 10.2. The average molecular weight is 572 g/mol. The van der Waals surface area contributed by atoms with Crippen molar-refractivity contribution in [3.8, 4) is 0 Å². The fraction of sp³-hybridized carbons (Fsp3) is 0.400. The van der Waals surface area contributed by atoms with Gasteiger partial charge in [0.05, 0.1) is 0 Å². The Balaban J connectivity index is 2.16. The molecule has 0 radical (unpaired) electrons. The van der Waals surface area contributed by atoms with E-state index in [0.717, 1.165) is 27.8 Å². The third kappa shape index (κ3) is 8.44. The molecule has 2 unspecified atom stereocenters. The van der Waals surface area contributed by atoms with Crippen LogP contribution in [-0.4, -0.2) is 40.0 Å². The van der Waals surface area contributed by atoms with Gasteiger partial charge in [-0.15, -0.1) is 0 Å². The van der Waals surface area contributed by atoms with Crippen LogP contribution < -0.4 is 10.6 Å². The van der Waals surface area contributed by atoms with Gasteiger partial charge >= 0.3 is 6.09 Å². The number of hydrogen-bond donors (Lipinski definition) is 2. The number of carbonyl (C=O) groups excluding carboxylic acids is 3. The lowest BCUT2D eigenvalue weighted by Crippen LogP contribution is -2.58. The zero-order valence-electron chi connectivity index (χ0n) is 26.4. The normalized spacial score (nSPS) is 13.1. The van der Waals surface area contributed by atoms with Crippen LogP contribution in [0.4, 0.5) is 10.5 Å². The molecule has 0 saturated heterocycles. The maximum atomic E-state index is 14.7. The Morgan fingerprint density at radius 3 is 1.86 bits per heavy atom. The summed E-state index contributed by atoms with van der Waals surface area (Å²) in [4.78, 5) is 43.7. The molecule has 0 aliphatic carbocycles. The first-order chi connectivity index (χ1) is 19.6. The highest BCUT2D eigenvalue weighted by Crippen LogP contribution is 2.35. The first-order valence-electron chi connectivity index (χ1n) is 14.4. The summed E-state index contributed by atoms with van der Waals surface area (Å²) < 4.78 is 5.54. The van der Waals surface area contributed by atoms with E-state index in [1.54, 1.807) is 25.7 Å². The van der Waals surface area contributed by atoms with Gasteiger partial charge in [-0.25, -0.2) is 4.79 Å². The zero-order valence-corrected chi connectivity index (χ0v) is 26.4. The molecule has 3 aromatic carbocycles. The van der Waals surface area contributed by atoms with E-state index in [9.17, 15) is 14.4 Å². The number of hydrogen-bond acceptors (Lipinski definition) is 4.